The standard InChI is InChI=1S/C12H13NO4/c1-7-5-9(3-4-10(7)12(16)17)11(15)6-13-8(2)14/h3-5H,6H2,1-2H3,(H,13,14)(H,16,17). The Morgan fingerprint density at radius 3 is 2.41 bits per heavy atom. The molecule has 0 aliphatic rings. The van der Waals surface area contributed by atoms with E-state index >= 15 is 0 Å². The summed E-state index contributed by atoms with van der Waals surface area (Å²) >= 11 is 0. The van der Waals surface area contributed by atoms with Gasteiger partial charge in [-0.05, 0) is 24.6 Å². The molecule has 90 valence electrons. The zero-order valence-corrected chi connectivity index (χ0v) is 9.61. The highest BCUT2D eigenvalue weighted by Gasteiger charge is 2.11. The minimum atomic E-state index is -1.02. The summed E-state index contributed by atoms with van der Waals surface area (Å²) in [6.45, 7) is 2.87. The van der Waals surface area contributed by atoms with Crippen LogP contribution in [0.15, 0.2) is 18.2 Å². The Morgan fingerprint density at radius 1 is 1.29 bits per heavy atom. The van der Waals surface area contributed by atoms with Crippen LogP contribution in [-0.2, 0) is 4.79 Å². The normalized spacial score (nSPS) is 9.76. The smallest absolute Gasteiger partial charge is 0.335 e. The molecule has 0 bridgehead atoms. The number of aromatic carboxylic acids is 1. The quantitative estimate of drug-likeness (QED) is 0.763. The highest BCUT2D eigenvalue weighted by Crippen LogP contribution is 2.11. The zero-order valence-electron chi connectivity index (χ0n) is 9.61. The van der Waals surface area contributed by atoms with Gasteiger partial charge >= 0.3 is 5.97 Å². The molecule has 5 nitrogen and oxygen atoms in total. The van der Waals surface area contributed by atoms with E-state index in [4.69, 9.17) is 5.11 Å². The third-order valence-corrected chi connectivity index (χ3v) is 2.28. The molecular weight excluding hydrogens is 222 g/mol. The molecule has 1 aromatic carbocycles. The summed E-state index contributed by atoms with van der Waals surface area (Å²) in [5, 5.41) is 11.2. The summed E-state index contributed by atoms with van der Waals surface area (Å²) < 4.78 is 0. The van der Waals surface area contributed by atoms with Crippen molar-refractivity contribution in [2.75, 3.05) is 6.54 Å². The second-order valence-electron chi connectivity index (χ2n) is 3.67. The van der Waals surface area contributed by atoms with Gasteiger partial charge in [0.2, 0.25) is 5.91 Å². The third kappa shape index (κ3) is 3.41. The molecule has 0 unspecified atom stereocenters. The van der Waals surface area contributed by atoms with Gasteiger partial charge in [0, 0.05) is 12.5 Å². The summed E-state index contributed by atoms with van der Waals surface area (Å²) in [5.74, 6) is -1.55. The van der Waals surface area contributed by atoms with E-state index in [1.807, 2.05) is 0 Å². The highest BCUT2D eigenvalue weighted by atomic mass is 16.4. The second kappa shape index (κ2) is 5.25. The first kappa shape index (κ1) is 12.9. The fourth-order valence-electron chi connectivity index (χ4n) is 1.38. The van der Waals surface area contributed by atoms with Crippen molar-refractivity contribution in [1.29, 1.82) is 0 Å². The molecule has 0 radical (unpaired) electrons. The number of carbonyl (C=O) groups is 3. The van der Waals surface area contributed by atoms with Crippen LogP contribution in [0.3, 0.4) is 0 Å². The van der Waals surface area contributed by atoms with Crippen LogP contribution >= 0.6 is 0 Å². The Kier molecular flexibility index (Phi) is 3.98. The lowest BCUT2D eigenvalue weighted by atomic mass is 10.0. The number of rotatable bonds is 4. The number of hydrogen-bond acceptors (Lipinski definition) is 3. The van der Waals surface area contributed by atoms with Gasteiger partial charge in [0.15, 0.2) is 5.78 Å². The van der Waals surface area contributed by atoms with Crippen molar-refractivity contribution < 1.29 is 19.5 Å². The Labute approximate surface area is 98.4 Å². The predicted molar refractivity (Wildman–Crippen MR) is 61.2 cm³/mol. The molecule has 0 aliphatic heterocycles. The summed E-state index contributed by atoms with van der Waals surface area (Å²) in [7, 11) is 0. The van der Waals surface area contributed by atoms with Crippen LogP contribution in [0.5, 0.6) is 0 Å². The number of carbonyl (C=O) groups excluding carboxylic acids is 2. The Morgan fingerprint density at radius 2 is 1.94 bits per heavy atom. The monoisotopic (exact) mass is 235 g/mol. The number of Topliss-reactive ketones (excluding diaryl/α,β-unsaturated/α-hetero) is 1. The van der Waals surface area contributed by atoms with Crippen molar-refractivity contribution in [3.05, 3.63) is 34.9 Å². The van der Waals surface area contributed by atoms with Crippen molar-refractivity contribution in [3.8, 4) is 0 Å². The second-order valence-corrected chi connectivity index (χ2v) is 3.67. The fraction of sp³-hybridized carbons (Fsp3) is 0.250. The molecule has 5 heteroatoms. The van der Waals surface area contributed by atoms with Crippen LogP contribution in [0.25, 0.3) is 0 Å². The highest BCUT2D eigenvalue weighted by molar-refractivity contribution is 6.00. The maximum atomic E-state index is 11.6. The third-order valence-electron chi connectivity index (χ3n) is 2.28. The maximum absolute atomic E-state index is 11.6. The summed E-state index contributed by atoms with van der Waals surface area (Å²) in [4.78, 5) is 33.0. The van der Waals surface area contributed by atoms with E-state index in [0.717, 1.165) is 0 Å². The van der Waals surface area contributed by atoms with E-state index in [1.165, 1.54) is 25.1 Å². The molecule has 0 saturated heterocycles. The van der Waals surface area contributed by atoms with Gasteiger partial charge in [-0.25, -0.2) is 4.79 Å². The zero-order chi connectivity index (χ0) is 13.0. The predicted octanol–water partition coefficient (Wildman–Crippen LogP) is 1.01. The van der Waals surface area contributed by atoms with Gasteiger partial charge in [-0.3, -0.25) is 9.59 Å². The SMILES string of the molecule is CC(=O)NCC(=O)c1ccc(C(=O)O)c(C)c1. The van der Waals surface area contributed by atoms with E-state index in [1.54, 1.807) is 6.92 Å². The van der Waals surface area contributed by atoms with Gasteiger partial charge in [0.25, 0.3) is 0 Å². The van der Waals surface area contributed by atoms with Crippen LogP contribution in [0, 0.1) is 6.92 Å². The lowest BCUT2D eigenvalue weighted by Gasteiger charge is -2.05. The van der Waals surface area contributed by atoms with Gasteiger partial charge < -0.3 is 10.4 Å². The summed E-state index contributed by atoms with van der Waals surface area (Å²) in [6, 6.07) is 4.34. The Bertz CT molecular complexity index is 479. The van der Waals surface area contributed by atoms with Crippen LogP contribution < -0.4 is 5.32 Å². The maximum Gasteiger partial charge on any atom is 0.335 e. The average Bonchev–Trinajstić information content (AvgIpc) is 2.25. The topological polar surface area (TPSA) is 83.5 Å². The number of hydrogen-bond donors (Lipinski definition) is 2. The lowest BCUT2D eigenvalue weighted by Crippen LogP contribution is -2.27. The molecule has 0 atom stereocenters. The molecule has 17 heavy (non-hydrogen) atoms. The molecule has 0 heterocycles. The van der Waals surface area contributed by atoms with Crippen LogP contribution in [-0.4, -0.2) is 29.3 Å². The first-order chi connectivity index (χ1) is 7.91. The van der Waals surface area contributed by atoms with E-state index in [9.17, 15) is 14.4 Å². The number of amides is 1. The van der Waals surface area contributed by atoms with Gasteiger partial charge in [0.05, 0.1) is 12.1 Å². The van der Waals surface area contributed by atoms with E-state index in [0.29, 0.717) is 11.1 Å². The van der Waals surface area contributed by atoms with Crippen LogP contribution in [0.4, 0.5) is 0 Å². The van der Waals surface area contributed by atoms with Gasteiger partial charge in [0.1, 0.15) is 0 Å². The molecular formula is C12H13NO4. The largest absolute Gasteiger partial charge is 0.478 e. The van der Waals surface area contributed by atoms with Crippen molar-refractivity contribution in [3.63, 3.8) is 0 Å². The van der Waals surface area contributed by atoms with E-state index in [-0.39, 0.29) is 23.8 Å². The number of nitrogens with one attached hydrogen (secondary N) is 1. The Hall–Kier alpha value is -2.17. The molecule has 1 aromatic rings. The number of carboxylic acid groups (broad SMARTS) is 1. The van der Waals surface area contributed by atoms with Gasteiger partial charge in [-0.15, -0.1) is 0 Å². The summed E-state index contributed by atoms with van der Waals surface area (Å²) in [5.41, 5.74) is 1.08. The molecule has 2 N–H and O–H groups in total. The minimum Gasteiger partial charge on any atom is -0.478 e. The lowest BCUT2D eigenvalue weighted by molar-refractivity contribution is -0.118. The van der Waals surface area contributed by atoms with Crippen LogP contribution in [0.2, 0.25) is 0 Å². The Balaban J connectivity index is 2.86. The molecule has 0 aromatic heterocycles. The van der Waals surface area contributed by atoms with E-state index in [2.05, 4.69) is 5.32 Å². The van der Waals surface area contributed by atoms with Crippen LogP contribution in [0.1, 0.15) is 33.2 Å². The van der Waals surface area contributed by atoms with Crippen molar-refractivity contribution in [2.24, 2.45) is 0 Å². The van der Waals surface area contributed by atoms with Gasteiger partial charge in [-0.1, -0.05) is 6.07 Å². The number of ketones is 1. The first-order valence-corrected chi connectivity index (χ1v) is 5.03. The average molecular weight is 235 g/mol. The van der Waals surface area contributed by atoms with Gasteiger partial charge in [-0.2, -0.15) is 0 Å². The molecule has 0 saturated carbocycles. The first-order valence-electron chi connectivity index (χ1n) is 5.03. The molecule has 0 spiro atoms. The molecule has 1 amide bonds. The van der Waals surface area contributed by atoms with Crippen molar-refractivity contribution in [1.82, 2.24) is 5.32 Å². The molecule has 0 aliphatic carbocycles. The van der Waals surface area contributed by atoms with Crippen molar-refractivity contribution >= 4 is 17.7 Å². The number of carboxylic acids is 1. The fourth-order valence-corrected chi connectivity index (χ4v) is 1.38. The minimum absolute atomic E-state index is 0.0822. The number of aryl methyl sites for hydroxylation is 1. The van der Waals surface area contributed by atoms with E-state index < -0.39 is 5.97 Å². The molecule has 0 fully saturated rings. The summed E-state index contributed by atoms with van der Waals surface area (Å²) in [6.07, 6.45) is 0. The number of benzene rings is 1. The van der Waals surface area contributed by atoms with Crippen molar-refractivity contribution in [2.45, 2.75) is 13.8 Å². The molecule has 1 rings (SSSR count).